The maximum absolute atomic E-state index is 5.71. The molecular formula is C13H30N2O2Si. The summed E-state index contributed by atoms with van der Waals surface area (Å²) in [5.41, 5.74) is 0. The second-order valence-corrected chi connectivity index (χ2v) is 8.12. The molecule has 1 aliphatic carbocycles. The van der Waals surface area contributed by atoms with Gasteiger partial charge in [-0.25, -0.2) is 0 Å². The van der Waals surface area contributed by atoms with E-state index >= 15 is 0 Å². The smallest absolute Gasteiger partial charge is 0.374 e. The van der Waals surface area contributed by atoms with Crippen LogP contribution in [0.15, 0.2) is 0 Å². The van der Waals surface area contributed by atoms with Crippen molar-refractivity contribution in [2.24, 2.45) is 5.92 Å². The van der Waals surface area contributed by atoms with Crippen LogP contribution in [-0.2, 0) is 8.85 Å². The van der Waals surface area contributed by atoms with Gasteiger partial charge in [0, 0.05) is 26.3 Å². The zero-order valence-electron chi connectivity index (χ0n) is 12.6. The predicted molar refractivity (Wildman–Crippen MR) is 77.2 cm³/mol. The fourth-order valence-electron chi connectivity index (χ4n) is 2.56. The Kier molecular flexibility index (Phi) is 6.80. The monoisotopic (exact) mass is 274 g/mol. The Morgan fingerprint density at radius 1 is 1.22 bits per heavy atom. The molecule has 108 valence electrons. The van der Waals surface area contributed by atoms with Crippen molar-refractivity contribution in [2.75, 3.05) is 14.2 Å². The molecule has 0 saturated heterocycles. The first-order valence-corrected chi connectivity index (χ1v) is 9.04. The fourth-order valence-corrected chi connectivity index (χ4v) is 5.05. The van der Waals surface area contributed by atoms with E-state index in [0.717, 1.165) is 6.42 Å². The van der Waals surface area contributed by atoms with Gasteiger partial charge >= 0.3 is 8.88 Å². The minimum absolute atomic E-state index is 0.406. The van der Waals surface area contributed by atoms with Gasteiger partial charge in [-0.15, -0.1) is 0 Å². The third-order valence-electron chi connectivity index (χ3n) is 4.11. The van der Waals surface area contributed by atoms with Crippen LogP contribution in [0.3, 0.4) is 0 Å². The van der Waals surface area contributed by atoms with Gasteiger partial charge in [-0.05, 0) is 25.2 Å². The van der Waals surface area contributed by atoms with E-state index in [4.69, 9.17) is 8.85 Å². The number of nitrogens with one attached hydrogen (secondary N) is 2. The van der Waals surface area contributed by atoms with Gasteiger partial charge in [0.15, 0.2) is 0 Å². The standard InChI is InChI=1S/C13H30N2O2Si/c1-6-12(3)14-18(16-4,17-5)15-13-10-8-7-9-11(13)2/h11-15H,6-10H2,1-5H3. The van der Waals surface area contributed by atoms with E-state index in [1.54, 1.807) is 14.2 Å². The Balaban J connectivity index is 2.65. The minimum Gasteiger partial charge on any atom is -0.374 e. The number of hydrogen-bond donors (Lipinski definition) is 2. The van der Waals surface area contributed by atoms with Crippen molar-refractivity contribution in [1.29, 1.82) is 0 Å². The van der Waals surface area contributed by atoms with Crippen molar-refractivity contribution >= 4 is 8.88 Å². The number of hydrogen-bond acceptors (Lipinski definition) is 4. The lowest BCUT2D eigenvalue weighted by Gasteiger charge is -2.38. The molecule has 0 spiro atoms. The Bertz CT molecular complexity index is 237. The molecule has 0 amide bonds. The summed E-state index contributed by atoms with van der Waals surface area (Å²) in [6.07, 6.45) is 6.27. The van der Waals surface area contributed by atoms with Gasteiger partial charge in [0.25, 0.3) is 0 Å². The number of rotatable bonds is 7. The molecule has 1 aliphatic rings. The Morgan fingerprint density at radius 2 is 1.83 bits per heavy atom. The van der Waals surface area contributed by atoms with E-state index in [0.29, 0.717) is 18.0 Å². The summed E-state index contributed by atoms with van der Waals surface area (Å²) in [6, 6.07) is 0.921. The molecule has 0 aliphatic heterocycles. The fraction of sp³-hybridized carbons (Fsp3) is 1.00. The molecule has 3 atom stereocenters. The van der Waals surface area contributed by atoms with Crippen molar-refractivity contribution in [3.63, 3.8) is 0 Å². The van der Waals surface area contributed by atoms with Crippen molar-refractivity contribution in [1.82, 2.24) is 9.96 Å². The molecule has 3 unspecified atom stereocenters. The highest BCUT2D eigenvalue weighted by molar-refractivity contribution is 6.62. The SMILES string of the molecule is CCC(C)N[Si](NC1CCCCC1C)(OC)OC. The van der Waals surface area contributed by atoms with Crippen molar-refractivity contribution < 1.29 is 8.85 Å². The summed E-state index contributed by atoms with van der Waals surface area (Å²) in [5.74, 6) is 0.703. The highest BCUT2D eigenvalue weighted by atomic mass is 28.4. The van der Waals surface area contributed by atoms with E-state index in [1.807, 2.05) is 0 Å². The largest absolute Gasteiger partial charge is 0.516 e. The van der Waals surface area contributed by atoms with Crippen LogP contribution in [0, 0.1) is 5.92 Å². The van der Waals surface area contributed by atoms with Crippen LogP contribution in [0.25, 0.3) is 0 Å². The summed E-state index contributed by atoms with van der Waals surface area (Å²) in [6.45, 7) is 6.67. The van der Waals surface area contributed by atoms with Gasteiger partial charge in [0.1, 0.15) is 0 Å². The Hall–Kier alpha value is 0.0569. The van der Waals surface area contributed by atoms with Gasteiger partial charge in [-0.3, -0.25) is 9.96 Å². The van der Waals surface area contributed by atoms with Gasteiger partial charge in [0.2, 0.25) is 0 Å². The van der Waals surface area contributed by atoms with E-state index in [2.05, 4.69) is 30.7 Å². The van der Waals surface area contributed by atoms with Crippen LogP contribution < -0.4 is 9.96 Å². The van der Waals surface area contributed by atoms with Crippen LogP contribution in [0.4, 0.5) is 0 Å². The van der Waals surface area contributed by atoms with E-state index < -0.39 is 8.88 Å². The first kappa shape index (κ1) is 16.1. The molecule has 1 saturated carbocycles. The van der Waals surface area contributed by atoms with Crippen molar-refractivity contribution in [3.8, 4) is 0 Å². The lowest BCUT2D eigenvalue weighted by molar-refractivity contribution is 0.183. The average molecular weight is 274 g/mol. The Morgan fingerprint density at radius 3 is 2.33 bits per heavy atom. The first-order valence-electron chi connectivity index (χ1n) is 7.22. The molecule has 1 fully saturated rings. The summed E-state index contributed by atoms with van der Waals surface area (Å²) in [7, 11) is 1.03. The van der Waals surface area contributed by atoms with Crippen LogP contribution in [0.2, 0.25) is 0 Å². The van der Waals surface area contributed by atoms with Gasteiger partial charge < -0.3 is 8.85 Å². The highest BCUT2D eigenvalue weighted by Crippen LogP contribution is 2.24. The zero-order chi connectivity index (χ0) is 13.6. The quantitative estimate of drug-likeness (QED) is 0.699. The summed E-state index contributed by atoms with van der Waals surface area (Å²) in [5, 5.41) is 0. The minimum atomic E-state index is -2.46. The third-order valence-corrected chi connectivity index (χ3v) is 6.88. The zero-order valence-corrected chi connectivity index (χ0v) is 13.6. The molecule has 2 N–H and O–H groups in total. The lowest BCUT2D eigenvalue weighted by atomic mass is 9.87. The van der Waals surface area contributed by atoms with E-state index in [1.165, 1.54) is 25.7 Å². The maximum atomic E-state index is 5.71. The van der Waals surface area contributed by atoms with Gasteiger partial charge in [-0.1, -0.05) is 33.6 Å². The second kappa shape index (κ2) is 7.60. The molecule has 18 heavy (non-hydrogen) atoms. The van der Waals surface area contributed by atoms with Crippen LogP contribution in [-0.4, -0.2) is 35.2 Å². The summed E-state index contributed by atoms with van der Waals surface area (Å²) >= 11 is 0. The van der Waals surface area contributed by atoms with Crippen LogP contribution in [0.5, 0.6) is 0 Å². The van der Waals surface area contributed by atoms with Gasteiger partial charge in [0.05, 0.1) is 0 Å². The highest BCUT2D eigenvalue weighted by Gasteiger charge is 2.42. The molecule has 0 bridgehead atoms. The maximum Gasteiger partial charge on any atom is 0.516 e. The van der Waals surface area contributed by atoms with Crippen LogP contribution >= 0.6 is 0 Å². The molecule has 0 aromatic rings. The molecular weight excluding hydrogens is 244 g/mol. The molecule has 0 heterocycles. The second-order valence-electron chi connectivity index (χ2n) is 5.49. The van der Waals surface area contributed by atoms with Gasteiger partial charge in [-0.2, -0.15) is 0 Å². The average Bonchev–Trinajstić information content (AvgIpc) is 2.40. The van der Waals surface area contributed by atoms with Crippen LogP contribution in [0.1, 0.15) is 52.9 Å². The predicted octanol–water partition coefficient (Wildman–Crippen LogP) is 2.27. The van der Waals surface area contributed by atoms with E-state index in [-0.39, 0.29) is 0 Å². The molecule has 0 aromatic carbocycles. The summed E-state index contributed by atoms with van der Waals surface area (Å²) < 4.78 is 11.4. The van der Waals surface area contributed by atoms with E-state index in [9.17, 15) is 0 Å². The summed E-state index contributed by atoms with van der Waals surface area (Å²) in [4.78, 5) is 7.20. The molecule has 1 rings (SSSR count). The molecule has 4 nitrogen and oxygen atoms in total. The molecule has 0 radical (unpaired) electrons. The van der Waals surface area contributed by atoms with Crippen molar-refractivity contribution in [3.05, 3.63) is 0 Å². The van der Waals surface area contributed by atoms with Crippen molar-refractivity contribution in [2.45, 2.75) is 65.0 Å². The normalized spacial score (nSPS) is 27.2. The molecule has 0 aromatic heterocycles. The molecule has 5 heteroatoms. The lowest BCUT2D eigenvalue weighted by Crippen LogP contribution is -2.71. The topological polar surface area (TPSA) is 42.5 Å². The first-order chi connectivity index (χ1) is 8.56. The Labute approximate surface area is 113 Å². The third kappa shape index (κ3) is 4.31.